The van der Waals surface area contributed by atoms with E-state index in [4.69, 9.17) is 14.3 Å². The van der Waals surface area contributed by atoms with Gasteiger partial charge in [0.15, 0.2) is 11.7 Å². The first-order valence-corrected chi connectivity index (χ1v) is 8.88. The zero-order valence-electron chi connectivity index (χ0n) is 15.0. The van der Waals surface area contributed by atoms with Crippen LogP contribution in [0.5, 0.6) is 0 Å². The SMILES string of the molecule is O=C(O)CC1(NC(=O)CCc2ncc(-c3ccc(F)cc3F)o2)CCOCC1. The Balaban J connectivity index is 1.60. The van der Waals surface area contributed by atoms with Crippen LogP contribution in [0, 0.1) is 11.6 Å². The van der Waals surface area contributed by atoms with Crippen LogP contribution >= 0.6 is 0 Å². The van der Waals surface area contributed by atoms with Crippen LogP contribution in [-0.2, 0) is 20.7 Å². The number of amides is 1. The maximum Gasteiger partial charge on any atom is 0.305 e. The lowest BCUT2D eigenvalue weighted by atomic mass is 9.86. The van der Waals surface area contributed by atoms with Gasteiger partial charge in [-0.15, -0.1) is 0 Å². The van der Waals surface area contributed by atoms with Gasteiger partial charge in [0.1, 0.15) is 11.6 Å². The van der Waals surface area contributed by atoms with Crippen molar-refractivity contribution in [2.45, 2.75) is 37.6 Å². The maximum atomic E-state index is 13.8. The number of carboxylic acids is 1. The van der Waals surface area contributed by atoms with E-state index in [0.717, 1.165) is 12.1 Å². The number of carboxylic acid groups (broad SMARTS) is 1. The van der Waals surface area contributed by atoms with Gasteiger partial charge in [-0.05, 0) is 25.0 Å². The minimum absolute atomic E-state index is 0.0358. The number of carbonyl (C=O) groups is 2. The topological polar surface area (TPSA) is 102 Å². The fourth-order valence-corrected chi connectivity index (χ4v) is 3.22. The Morgan fingerprint density at radius 3 is 2.68 bits per heavy atom. The fraction of sp³-hybridized carbons (Fsp3) is 0.421. The zero-order valence-corrected chi connectivity index (χ0v) is 15.0. The summed E-state index contributed by atoms with van der Waals surface area (Å²) in [4.78, 5) is 27.5. The monoisotopic (exact) mass is 394 g/mol. The number of aromatic nitrogens is 1. The number of nitrogens with zero attached hydrogens (tertiary/aromatic N) is 1. The van der Waals surface area contributed by atoms with E-state index in [1.807, 2.05) is 0 Å². The maximum absolute atomic E-state index is 13.8. The van der Waals surface area contributed by atoms with Gasteiger partial charge in [0.2, 0.25) is 5.91 Å². The first-order chi connectivity index (χ1) is 13.4. The first kappa shape index (κ1) is 19.9. The Kier molecular flexibility index (Phi) is 6.03. The molecule has 0 saturated carbocycles. The number of aryl methyl sites for hydroxylation is 1. The quantitative estimate of drug-likeness (QED) is 0.749. The molecular weight excluding hydrogens is 374 g/mol. The molecule has 1 amide bonds. The highest BCUT2D eigenvalue weighted by atomic mass is 19.1. The number of carbonyl (C=O) groups excluding carboxylic acids is 1. The lowest BCUT2D eigenvalue weighted by Gasteiger charge is -2.36. The van der Waals surface area contributed by atoms with Crippen LogP contribution in [0.3, 0.4) is 0 Å². The molecule has 0 bridgehead atoms. The van der Waals surface area contributed by atoms with Crippen molar-refractivity contribution in [3.63, 3.8) is 0 Å². The van der Waals surface area contributed by atoms with Gasteiger partial charge in [0.05, 0.1) is 23.7 Å². The second-order valence-corrected chi connectivity index (χ2v) is 6.75. The van der Waals surface area contributed by atoms with Crippen molar-refractivity contribution in [3.05, 3.63) is 41.9 Å². The standard InChI is InChI=1S/C19H20F2N2O5/c20-12-1-2-13(14(21)9-12)15-11-22-17(28-15)4-3-16(24)23-19(10-18(25)26)5-7-27-8-6-19/h1-2,9,11H,3-8,10H2,(H,23,24)(H,25,26). The third kappa shape index (κ3) is 4.92. The third-order valence-electron chi connectivity index (χ3n) is 4.66. The average molecular weight is 394 g/mol. The lowest BCUT2D eigenvalue weighted by molar-refractivity contribution is -0.140. The van der Waals surface area contributed by atoms with Crippen LogP contribution in [0.25, 0.3) is 11.3 Å². The molecule has 9 heteroatoms. The smallest absolute Gasteiger partial charge is 0.305 e. The largest absolute Gasteiger partial charge is 0.481 e. The molecule has 7 nitrogen and oxygen atoms in total. The van der Waals surface area contributed by atoms with E-state index < -0.39 is 23.1 Å². The predicted molar refractivity (Wildman–Crippen MR) is 93.4 cm³/mol. The van der Waals surface area contributed by atoms with E-state index in [2.05, 4.69) is 10.3 Å². The van der Waals surface area contributed by atoms with Gasteiger partial charge < -0.3 is 19.6 Å². The number of benzene rings is 1. The van der Waals surface area contributed by atoms with Crippen molar-refractivity contribution in [2.24, 2.45) is 0 Å². The number of hydrogen-bond donors (Lipinski definition) is 2. The summed E-state index contributed by atoms with van der Waals surface area (Å²) >= 11 is 0. The second-order valence-electron chi connectivity index (χ2n) is 6.75. The average Bonchev–Trinajstić information content (AvgIpc) is 3.08. The van der Waals surface area contributed by atoms with Crippen LogP contribution in [0.2, 0.25) is 0 Å². The number of oxazole rings is 1. The van der Waals surface area contributed by atoms with E-state index in [1.165, 1.54) is 12.3 Å². The molecule has 0 unspecified atom stereocenters. The third-order valence-corrected chi connectivity index (χ3v) is 4.66. The van der Waals surface area contributed by atoms with Gasteiger partial charge in [-0.3, -0.25) is 9.59 Å². The highest BCUT2D eigenvalue weighted by Gasteiger charge is 2.36. The van der Waals surface area contributed by atoms with Crippen LogP contribution in [0.4, 0.5) is 8.78 Å². The number of rotatable bonds is 7. The summed E-state index contributed by atoms with van der Waals surface area (Å²) in [5, 5.41) is 11.9. The molecule has 3 rings (SSSR count). The van der Waals surface area contributed by atoms with Crippen molar-refractivity contribution >= 4 is 11.9 Å². The number of halogens is 2. The number of hydrogen-bond acceptors (Lipinski definition) is 5. The number of nitrogens with one attached hydrogen (secondary N) is 1. The molecule has 0 radical (unpaired) electrons. The minimum Gasteiger partial charge on any atom is -0.481 e. The predicted octanol–water partition coefficient (Wildman–Crippen LogP) is 2.69. The molecule has 1 fully saturated rings. The molecule has 150 valence electrons. The molecular formula is C19H20F2N2O5. The fourth-order valence-electron chi connectivity index (χ4n) is 3.22. The van der Waals surface area contributed by atoms with Crippen LogP contribution < -0.4 is 5.32 Å². The molecule has 1 aliphatic heterocycles. The van der Waals surface area contributed by atoms with Gasteiger partial charge in [0, 0.05) is 32.1 Å². The van der Waals surface area contributed by atoms with Gasteiger partial charge >= 0.3 is 5.97 Å². The molecule has 1 aliphatic rings. The normalized spacial score (nSPS) is 15.9. The molecule has 1 aromatic heterocycles. The molecule has 28 heavy (non-hydrogen) atoms. The van der Waals surface area contributed by atoms with E-state index >= 15 is 0 Å². The lowest BCUT2D eigenvalue weighted by Crippen LogP contribution is -2.53. The van der Waals surface area contributed by atoms with Crippen molar-refractivity contribution in [3.8, 4) is 11.3 Å². The van der Waals surface area contributed by atoms with Crippen molar-refractivity contribution < 1.29 is 32.6 Å². The Bertz CT molecular complexity index is 862. The van der Waals surface area contributed by atoms with Crippen molar-refractivity contribution in [1.82, 2.24) is 10.3 Å². The number of ether oxygens (including phenoxy) is 1. The molecule has 2 N–H and O–H groups in total. The molecule has 2 aromatic rings. The van der Waals surface area contributed by atoms with Crippen molar-refractivity contribution in [1.29, 1.82) is 0 Å². The Morgan fingerprint density at radius 2 is 2.00 bits per heavy atom. The highest BCUT2D eigenvalue weighted by Crippen LogP contribution is 2.26. The summed E-state index contributed by atoms with van der Waals surface area (Å²) in [5.74, 6) is -2.40. The van der Waals surface area contributed by atoms with Gasteiger partial charge in [-0.2, -0.15) is 0 Å². The van der Waals surface area contributed by atoms with Crippen LogP contribution in [-0.4, -0.2) is 40.7 Å². The van der Waals surface area contributed by atoms with Gasteiger partial charge in [-0.25, -0.2) is 13.8 Å². The van der Waals surface area contributed by atoms with E-state index in [1.54, 1.807) is 0 Å². The summed E-state index contributed by atoms with van der Waals surface area (Å²) in [7, 11) is 0. The summed E-state index contributed by atoms with van der Waals surface area (Å²) in [6.07, 6.45) is 2.20. The molecule has 1 saturated heterocycles. The Hall–Kier alpha value is -2.81. The summed E-state index contributed by atoms with van der Waals surface area (Å²) < 4.78 is 37.5. The van der Waals surface area contributed by atoms with Crippen LogP contribution in [0.15, 0.2) is 28.8 Å². The molecule has 0 aliphatic carbocycles. The summed E-state index contributed by atoms with van der Waals surface area (Å²) in [6.45, 7) is 0.778. The first-order valence-electron chi connectivity index (χ1n) is 8.88. The number of aliphatic carboxylic acids is 1. The highest BCUT2D eigenvalue weighted by molar-refractivity contribution is 5.78. The van der Waals surface area contributed by atoms with E-state index in [9.17, 15) is 18.4 Å². The second kappa shape index (κ2) is 8.47. The van der Waals surface area contributed by atoms with Crippen molar-refractivity contribution in [2.75, 3.05) is 13.2 Å². The molecule has 0 atom stereocenters. The summed E-state index contributed by atoms with van der Waals surface area (Å²) in [6, 6.07) is 3.12. The molecule has 0 spiro atoms. The van der Waals surface area contributed by atoms with Crippen LogP contribution in [0.1, 0.15) is 31.6 Å². The summed E-state index contributed by atoms with van der Waals surface area (Å²) in [5.41, 5.74) is -0.743. The Labute approximate surface area is 159 Å². The Morgan fingerprint density at radius 1 is 1.25 bits per heavy atom. The molecule has 1 aromatic carbocycles. The van der Waals surface area contributed by atoms with E-state index in [0.29, 0.717) is 26.1 Å². The van der Waals surface area contributed by atoms with E-state index in [-0.39, 0.29) is 42.4 Å². The van der Waals surface area contributed by atoms with Gasteiger partial charge in [0.25, 0.3) is 0 Å². The zero-order chi connectivity index (χ0) is 20.1. The van der Waals surface area contributed by atoms with Gasteiger partial charge in [-0.1, -0.05) is 0 Å². The minimum atomic E-state index is -0.985. The molecule has 2 heterocycles.